The normalized spacial score (nSPS) is 32.5. The zero-order valence-corrected chi connectivity index (χ0v) is 11.7. The summed E-state index contributed by atoms with van der Waals surface area (Å²) in [4.78, 5) is 0. The summed E-state index contributed by atoms with van der Waals surface area (Å²) in [5.41, 5.74) is 0.239. The fourth-order valence-corrected chi connectivity index (χ4v) is 3.61. The minimum Gasteiger partial charge on any atom is -0.390 e. The molecule has 1 nitrogen and oxygen atoms in total. The average Bonchev–Trinajstić information content (AvgIpc) is 2.21. The number of hydrogen-bond acceptors (Lipinski definition) is 1. The van der Waals surface area contributed by atoms with Crippen molar-refractivity contribution < 1.29 is 9.50 Å². The predicted octanol–water partition coefficient (Wildman–Crippen LogP) is 4.21. The van der Waals surface area contributed by atoms with E-state index in [1.165, 1.54) is 12.5 Å². The van der Waals surface area contributed by atoms with Gasteiger partial charge < -0.3 is 5.11 Å². The van der Waals surface area contributed by atoms with Gasteiger partial charge in [0, 0.05) is 6.42 Å². The maximum absolute atomic E-state index is 13.1. The standard InChI is InChI=1S/C15H20ClFO/c1-10-5-11(2)8-15(18,7-10)9-12-3-4-14(17)13(16)6-12/h3-4,6,10-11,18H,5,7-9H2,1-2H3. The van der Waals surface area contributed by atoms with Gasteiger partial charge in [-0.3, -0.25) is 0 Å². The minimum absolute atomic E-state index is 0.132. The van der Waals surface area contributed by atoms with Crippen molar-refractivity contribution in [2.24, 2.45) is 11.8 Å². The zero-order valence-electron chi connectivity index (χ0n) is 10.9. The first-order valence-electron chi connectivity index (χ1n) is 6.54. The number of hydrogen-bond donors (Lipinski definition) is 1. The molecule has 18 heavy (non-hydrogen) atoms. The van der Waals surface area contributed by atoms with Crippen LogP contribution in [0.3, 0.4) is 0 Å². The molecule has 1 fully saturated rings. The lowest BCUT2D eigenvalue weighted by Gasteiger charge is -2.39. The van der Waals surface area contributed by atoms with E-state index in [-0.39, 0.29) is 5.02 Å². The molecule has 0 radical (unpaired) electrons. The smallest absolute Gasteiger partial charge is 0.141 e. The first-order valence-corrected chi connectivity index (χ1v) is 6.92. The SMILES string of the molecule is CC1CC(C)CC(O)(Cc2ccc(F)c(Cl)c2)C1. The molecule has 0 aromatic heterocycles. The Morgan fingerprint density at radius 3 is 2.50 bits per heavy atom. The van der Waals surface area contributed by atoms with E-state index >= 15 is 0 Å². The van der Waals surface area contributed by atoms with E-state index in [9.17, 15) is 9.50 Å². The average molecular weight is 271 g/mol. The molecular weight excluding hydrogens is 251 g/mol. The monoisotopic (exact) mass is 270 g/mol. The molecule has 2 rings (SSSR count). The van der Waals surface area contributed by atoms with Crippen molar-refractivity contribution in [2.45, 2.75) is 45.1 Å². The van der Waals surface area contributed by atoms with E-state index in [0.29, 0.717) is 18.3 Å². The van der Waals surface area contributed by atoms with Crippen molar-refractivity contribution in [1.29, 1.82) is 0 Å². The van der Waals surface area contributed by atoms with Crippen LogP contribution in [-0.4, -0.2) is 10.7 Å². The van der Waals surface area contributed by atoms with Crippen LogP contribution in [0, 0.1) is 17.7 Å². The first-order chi connectivity index (χ1) is 8.38. The summed E-state index contributed by atoms with van der Waals surface area (Å²) in [7, 11) is 0. The second-order valence-corrected chi connectivity index (χ2v) is 6.41. The maximum Gasteiger partial charge on any atom is 0.141 e. The summed E-state index contributed by atoms with van der Waals surface area (Å²) in [6.45, 7) is 4.36. The Morgan fingerprint density at radius 2 is 1.94 bits per heavy atom. The highest BCUT2D eigenvalue weighted by molar-refractivity contribution is 6.30. The lowest BCUT2D eigenvalue weighted by atomic mass is 9.71. The van der Waals surface area contributed by atoms with Crippen molar-refractivity contribution in [3.05, 3.63) is 34.6 Å². The van der Waals surface area contributed by atoms with Crippen LogP contribution in [0.4, 0.5) is 4.39 Å². The van der Waals surface area contributed by atoms with Crippen molar-refractivity contribution >= 4 is 11.6 Å². The maximum atomic E-state index is 13.1. The van der Waals surface area contributed by atoms with Crippen LogP contribution in [0.1, 0.15) is 38.7 Å². The summed E-state index contributed by atoms with van der Waals surface area (Å²) < 4.78 is 13.1. The van der Waals surface area contributed by atoms with Crippen molar-refractivity contribution in [3.63, 3.8) is 0 Å². The largest absolute Gasteiger partial charge is 0.390 e. The van der Waals surface area contributed by atoms with Crippen LogP contribution < -0.4 is 0 Å². The van der Waals surface area contributed by atoms with E-state index < -0.39 is 11.4 Å². The Balaban J connectivity index is 2.13. The van der Waals surface area contributed by atoms with Gasteiger partial charge in [-0.15, -0.1) is 0 Å². The van der Waals surface area contributed by atoms with Crippen LogP contribution in [0.15, 0.2) is 18.2 Å². The van der Waals surface area contributed by atoms with Gasteiger partial charge in [-0.1, -0.05) is 31.5 Å². The Kier molecular flexibility index (Phi) is 3.98. The van der Waals surface area contributed by atoms with E-state index in [0.717, 1.165) is 18.4 Å². The van der Waals surface area contributed by atoms with Crippen LogP contribution in [-0.2, 0) is 6.42 Å². The number of rotatable bonds is 2. The highest BCUT2D eigenvalue weighted by Gasteiger charge is 2.36. The fourth-order valence-electron chi connectivity index (χ4n) is 3.41. The van der Waals surface area contributed by atoms with Gasteiger partial charge in [-0.2, -0.15) is 0 Å². The molecule has 1 aliphatic rings. The summed E-state index contributed by atoms with van der Waals surface area (Å²) in [5, 5.41) is 10.8. The molecule has 0 spiro atoms. The molecule has 2 unspecified atom stereocenters. The Bertz CT molecular complexity index is 423. The highest BCUT2D eigenvalue weighted by atomic mass is 35.5. The van der Waals surface area contributed by atoms with Crippen LogP contribution in [0.2, 0.25) is 5.02 Å². The Morgan fingerprint density at radius 1 is 1.33 bits per heavy atom. The van der Waals surface area contributed by atoms with Gasteiger partial charge in [0.15, 0.2) is 0 Å². The molecule has 0 bridgehead atoms. The number of benzene rings is 1. The molecule has 2 atom stereocenters. The molecule has 1 aromatic rings. The minimum atomic E-state index is -0.668. The molecule has 100 valence electrons. The zero-order chi connectivity index (χ0) is 13.3. The van der Waals surface area contributed by atoms with Gasteiger partial charge in [0.1, 0.15) is 5.82 Å². The summed E-state index contributed by atoms with van der Waals surface area (Å²) in [5.74, 6) is 0.669. The van der Waals surface area contributed by atoms with Gasteiger partial charge in [0.25, 0.3) is 0 Å². The molecule has 0 amide bonds. The third-order valence-corrected chi connectivity index (χ3v) is 4.07. The summed E-state index contributed by atoms with van der Waals surface area (Å²) in [6, 6.07) is 4.71. The quantitative estimate of drug-likeness (QED) is 0.854. The van der Waals surface area contributed by atoms with Crippen LogP contribution >= 0.6 is 11.6 Å². The van der Waals surface area contributed by atoms with Gasteiger partial charge in [0.05, 0.1) is 10.6 Å². The van der Waals surface area contributed by atoms with E-state index in [1.54, 1.807) is 12.1 Å². The third kappa shape index (κ3) is 3.24. The third-order valence-electron chi connectivity index (χ3n) is 3.78. The lowest BCUT2D eigenvalue weighted by molar-refractivity contribution is -0.0304. The van der Waals surface area contributed by atoms with Crippen LogP contribution in [0.25, 0.3) is 0 Å². The molecule has 0 saturated heterocycles. The molecule has 0 aliphatic heterocycles. The fraction of sp³-hybridized carbons (Fsp3) is 0.600. The van der Waals surface area contributed by atoms with Crippen molar-refractivity contribution in [1.82, 2.24) is 0 Å². The highest BCUT2D eigenvalue weighted by Crippen LogP contribution is 2.38. The van der Waals surface area contributed by atoms with E-state index in [1.807, 2.05) is 0 Å². The second kappa shape index (κ2) is 5.18. The van der Waals surface area contributed by atoms with Crippen molar-refractivity contribution in [3.8, 4) is 0 Å². The second-order valence-electron chi connectivity index (χ2n) is 6.00. The summed E-state index contributed by atoms with van der Waals surface area (Å²) in [6.07, 6.45) is 3.35. The van der Waals surface area contributed by atoms with Gasteiger partial charge in [0.2, 0.25) is 0 Å². The van der Waals surface area contributed by atoms with E-state index in [4.69, 9.17) is 11.6 Å². The van der Waals surface area contributed by atoms with E-state index in [2.05, 4.69) is 13.8 Å². The molecule has 1 aromatic carbocycles. The number of aliphatic hydroxyl groups is 1. The molecule has 0 heterocycles. The molecule has 3 heteroatoms. The Hall–Kier alpha value is -0.600. The van der Waals surface area contributed by atoms with Crippen molar-refractivity contribution in [2.75, 3.05) is 0 Å². The number of halogens is 2. The molecule has 1 saturated carbocycles. The summed E-state index contributed by atoms with van der Waals surface area (Å²) >= 11 is 5.78. The Labute approximate surface area is 113 Å². The first kappa shape index (κ1) is 13.8. The predicted molar refractivity (Wildman–Crippen MR) is 72.2 cm³/mol. The van der Waals surface area contributed by atoms with Gasteiger partial charge >= 0.3 is 0 Å². The van der Waals surface area contributed by atoms with Crippen LogP contribution in [0.5, 0.6) is 0 Å². The molecule has 1 aliphatic carbocycles. The topological polar surface area (TPSA) is 20.2 Å². The van der Waals surface area contributed by atoms with Gasteiger partial charge in [-0.05, 0) is 48.8 Å². The molecule has 1 N–H and O–H groups in total. The lowest BCUT2D eigenvalue weighted by Crippen LogP contribution is -2.39. The molecular formula is C15H20ClFO. The van der Waals surface area contributed by atoms with Gasteiger partial charge in [-0.25, -0.2) is 4.39 Å².